The van der Waals surface area contributed by atoms with Crippen molar-refractivity contribution in [3.8, 4) is 0 Å². The quantitative estimate of drug-likeness (QED) is 0.714. The highest BCUT2D eigenvalue weighted by Crippen LogP contribution is 2.30. The van der Waals surface area contributed by atoms with Crippen LogP contribution in [0.1, 0.15) is 31.0 Å². The van der Waals surface area contributed by atoms with Crippen LogP contribution in [-0.4, -0.2) is 4.98 Å². The minimum Gasteiger partial charge on any atom is -0.256 e. The van der Waals surface area contributed by atoms with Gasteiger partial charge in [0, 0.05) is 6.20 Å². The number of alkyl halides is 3. The molecule has 1 heterocycles. The number of allylic oxidation sites excluding steroid dienone is 4. The lowest BCUT2D eigenvalue weighted by Gasteiger charge is -2.12. The van der Waals surface area contributed by atoms with Crippen molar-refractivity contribution in [1.29, 1.82) is 0 Å². The molecule has 0 radical (unpaired) electrons. The number of aromatic nitrogens is 1. The second-order valence-corrected chi connectivity index (χ2v) is 4.13. The van der Waals surface area contributed by atoms with Gasteiger partial charge in [-0.15, -0.1) is 0 Å². The van der Waals surface area contributed by atoms with Gasteiger partial charge in [-0.3, -0.25) is 4.98 Å². The molecule has 0 saturated heterocycles. The molecule has 1 aliphatic rings. The first-order valence-corrected chi connectivity index (χ1v) is 5.37. The van der Waals surface area contributed by atoms with Gasteiger partial charge in [-0.05, 0) is 37.5 Å². The van der Waals surface area contributed by atoms with Crippen molar-refractivity contribution in [2.75, 3.05) is 0 Å². The first-order valence-electron chi connectivity index (χ1n) is 5.37. The topological polar surface area (TPSA) is 12.9 Å². The van der Waals surface area contributed by atoms with E-state index in [2.05, 4.69) is 4.98 Å². The van der Waals surface area contributed by atoms with E-state index in [1.54, 1.807) is 0 Å². The zero-order chi connectivity index (χ0) is 12.5. The highest BCUT2D eigenvalue weighted by Gasteiger charge is 2.30. The third-order valence-electron chi connectivity index (χ3n) is 2.78. The van der Waals surface area contributed by atoms with E-state index in [1.807, 2.05) is 19.1 Å². The van der Waals surface area contributed by atoms with Crippen molar-refractivity contribution in [2.45, 2.75) is 25.9 Å². The zero-order valence-electron chi connectivity index (χ0n) is 9.38. The summed E-state index contributed by atoms with van der Waals surface area (Å²) in [5.41, 5.74) is 2.19. The monoisotopic (exact) mass is 239 g/mol. The highest BCUT2D eigenvalue weighted by molar-refractivity contribution is 5.66. The Balaban J connectivity index is 2.25. The third kappa shape index (κ3) is 2.75. The first kappa shape index (κ1) is 11.9. The van der Waals surface area contributed by atoms with Crippen LogP contribution in [0, 0.1) is 0 Å². The summed E-state index contributed by atoms with van der Waals surface area (Å²) in [5.74, 6) is 0. The summed E-state index contributed by atoms with van der Waals surface area (Å²) < 4.78 is 37.0. The molecular formula is C13H12F3N. The van der Waals surface area contributed by atoms with Gasteiger partial charge in [-0.2, -0.15) is 13.2 Å². The van der Waals surface area contributed by atoms with Crippen LogP contribution >= 0.6 is 0 Å². The average Bonchev–Trinajstić information content (AvgIpc) is 2.29. The van der Waals surface area contributed by atoms with E-state index in [1.165, 1.54) is 11.6 Å². The molecule has 0 atom stereocenters. The second-order valence-electron chi connectivity index (χ2n) is 4.13. The molecule has 0 bridgehead atoms. The SMILES string of the molecule is CC1=CC=C(c2ccc(C(F)(F)F)cn2)CC1. The predicted octanol–water partition coefficient (Wildman–Crippen LogP) is 4.22. The van der Waals surface area contributed by atoms with E-state index in [0.29, 0.717) is 5.69 Å². The van der Waals surface area contributed by atoms with Crippen LogP contribution in [0.2, 0.25) is 0 Å². The maximum Gasteiger partial charge on any atom is 0.417 e. The molecule has 0 unspecified atom stereocenters. The lowest BCUT2D eigenvalue weighted by atomic mass is 9.97. The Kier molecular flexibility index (Phi) is 3.05. The summed E-state index contributed by atoms with van der Waals surface area (Å²) in [6.45, 7) is 2.04. The van der Waals surface area contributed by atoms with Crippen molar-refractivity contribution in [3.05, 3.63) is 47.3 Å². The van der Waals surface area contributed by atoms with E-state index in [-0.39, 0.29) is 0 Å². The largest absolute Gasteiger partial charge is 0.417 e. The number of rotatable bonds is 1. The predicted molar refractivity (Wildman–Crippen MR) is 60.2 cm³/mol. The lowest BCUT2D eigenvalue weighted by Crippen LogP contribution is -2.06. The number of halogens is 3. The van der Waals surface area contributed by atoms with Gasteiger partial charge in [0.1, 0.15) is 0 Å². The molecule has 17 heavy (non-hydrogen) atoms. The molecule has 0 amide bonds. The van der Waals surface area contributed by atoms with Crippen molar-refractivity contribution in [3.63, 3.8) is 0 Å². The Labute approximate surface area is 97.7 Å². The summed E-state index contributed by atoms with van der Waals surface area (Å²) in [5, 5.41) is 0. The van der Waals surface area contributed by atoms with E-state index in [9.17, 15) is 13.2 Å². The number of nitrogens with zero attached hydrogens (tertiary/aromatic N) is 1. The van der Waals surface area contributed by atoms with Crippen LogP contribution in [0.5, 0.6) is 0 Å². The minimum absolute atomic E-state index is 0.627. The van der Waals surface area contributed by atoms with Gasteiger partial charge in [-0.25, -0.2) is 0 Å². The standard InChI is InChI=1S/C13H12F3N/c1-9-2-4-10(5-3-9)12-7-6-11(8-17-12)13(14,15)16/h2,4,6-8H,3,5H2,1H3. The second kappa shape index (κ2) is 4.35. The van der Waals surface area contributed by atoms with E-state index in [0.717, 1.165) is 30.7 Å². The number of pyridine rings is 1. The van der Waals surface area contributed by atoms with Crippen molar-refractivity contribution in [1.82, 2.24) is 4.98 Å². The Morgan fingerprint density at radius 1 is 1.12 bits per heavy atom. The Morgan fingerprint density at radius 3 is 2.35 bits per heavy atom. The van der Waals surface area contributed by atoms with E-state index in [4.69, 9.17) is 0 Å². The van der Waals surface area contributed by atoms with Crippen LogP contribution in [-0.2, 0) is 6.18 Å². The molecule has 0 saturated carbocycles. The van der Waals surface area contributed by atoms with Crippen LogP contribution in [0.3, 0.4) is 0 Å². The van der Waals surface area contributed by atoms with Crippen LogP contribution in [0.25, 0.3) is 5.57 Å². The Bertz CT molecular complexity index is 466. The molecule has 2 rings (SSSR count). The Morgan fingerprint density at radius 2 is 1.88 bits per heavy atom. The average molecular weight is 239 g/mol. The van der Waals surface area contributed by atoms with Gasteiger partial charge in [-0.1, -0.05) is 17.7 Å². The van der Waals surface area contributed by atoms with Gasteiger partial charge in [0.25, 0.3) is 0 Å². The number of hydrogen-bond acceptors (Lipinski definition) is 1. The van der Waals surface area contributed by atoms with Crippen LogP contribution in [0.4, 0.5) is 13.2 Å². The molecule has 1 aromatic rings. The van der Waals surface area contributed by atoms with Gasteiger partial charge in [0.05, 0.1) is 11.3 Å². The zero-order valence-corrected chi connectivity index (χ0v) is 9.38. The van der Waals surface area contributed by atoms with Gasteiger partial charge < -0.3 is 0 Å². The summed E-state index contributed by atoms with van der Waals surface area (Å²) in [6, 6.07) is 2.51. The Hall–Kier alpha value is -1.58. The summed E-state index contributed by atoms with van der Waals surface area (Å²) in [6.07, 6.45) is 2.26. The third-order valence-corrected chi connectivity index (χ3v) is 2.78. The molecule has 4 heteroatoms. The molecule has 1 aromatic heterocycles. The molecule has 0 fully saturated rings. The molecule has 0 N–H and O–H groups in total. The van der Waals surface area contributed by atoms with Crippen molar-refractivity contribution in [2.24, 2.45) is 0 Å². The smallest absolute Gasteiger partial charge is 0.256 e. The fourth-order valence-corrected chi connectivity index (χ4v) is 1.71. The fraction of sp³-hybridized carbons (Fsp3) is 0.308. The van der Waals surface area contributed by atoms with Crippen LogP contribution < -0.4 is 0 Å². The highest BCUT2D eigenvalue weighted by atomic mass is 19.4. The molecule has 0 aliphatic heterocycles. The molecular weight excluding hydrogens is 227 g/mol. The fourth-order valence-electron chi connectivity index (χ4n) is 1.71. The maximum absolute atomic E-state index is 12.3. The molecule has 0 spiro atoms. The maximum atomic E-state index is 12.3. The minimum atomic E-state index is -4.32. The normalized spacial score (nSPS) is 16.5. The summed E-state index contributed by atoms with van der Waals surface area (Å²) in [7, 11) is 0. The lowest BCUT2D eigenvalue weighted by molar-refractivity contribution is -0.137. The van der Waals surface area contributed by atoms with Gasteiger partial charge in [0.15, 0.2) is 0 Å². The van der Waals surface area contributed by atoms with Crippen molar-refractivity contribution >= 4 is 5.57 Å². The molecule has 90 valence electrons. The molecule has 0 aromatic carbocycles. The molecule has 1 nitrogen and oxygen atoms in total. The number of hydrogen-bond donors (Lipinski definition) is 0. The first-order chi connectivity index (χ1) is 7.97. The van der Waals surface area contributed by atoms with Gasteiger partial charge in [0.2, 0.25) is 0 Å². The van der Waals surface area contributed by atoms with E-state index < -0.39 is 11.7 Å². The molecule has 1 aliphatic carbocycles. The summed E-state index contributed by atoms with van der Waals surface area (Å²) >= 11 is 0. The summed E-state index contributed by atoms with van der Waals surface area (Å²) in [4.78, 5) is 3.88. The van der Waals surface area contributed by atoms with Crippen LogP contribution in [0.15, 0.2) is 36.1 Å². The van der Waals surface area contributed by atoms with Crippen molar-refractivity contribution < 1.29 is 13.2 Å². The van der Waals surface area contributed by atoms with E-state index >= 15 is 0 Å². The van der Waals surface area contributed by atoms with Gasteiger partial charge >= 0.3 is 6.18 Å².